The van der Waals surface area contributed by atoms with Crippen molar-refractivity contribution in [2.24, 2.45) is 0 Å². The van der Waals surface area contributed by atoms with Gasteiger partial charge in [0.25, 0.3) is 0 Å². The van der Waals surface area contributed by atoms with E-state index in [2.05, 4.69) is 17.4 Å². The number of benzene rings is 2. The number of carbonyl (C=O) groups is 3. The lowest BCUT2D eigenvalue weighted by molar-refractivity contribution is -0.140. The standard InChI is InChI=1S/C26H32N2O5/c1-4-15-26(3,24(31)28(5-2)16-14-23(29)30)27-25(32)33-17-22-20-12-8-6-10-18(20)19-11-7-9-13-21(19)22/h6-13,22H,4-5,14-17H2,1-3H3,(H,27,32)(H,29,30). The second kappa shape index (κ2) is 10.5. The fourth-order valence-electron chi connectivity index (χ4n) is 4.57. The van der Waals surface area contributed by atoms with Gasteiger partial charge in [0.1, 0.15) is 12.1 Å². The number of likely N-dealkylation sites (N-methyl/N-ethyl adjacent to an activating group) is 1. The molecule has 2 N–H and O–H groups in total. The predicted octanol–water partition coefficient (Wildman–Crippen LogP) is 4.41. The SMILES string of the molecule is CCCC(C)(NC(=O)OCC1c2ccccc2-c2ccccc21)C(=O)N(CC)CCC(=O)O. The van der Waals surface area contributed by atoms with E-state index in [1.165, 1.54) is 4.90 Å². The Kier molecular flexibility index (Phi) is 7.74. The van der Waals surface area contributed by atoms with E-state index in [-0.39, 0.29) is 31.4 Å². The number of alkyl carbamates (subject to hydrolysis) is 1. The minimum atomic E-state index is -1.17. The molecule has 33 heavy (non-hydrogen) atoms. The van der Waals surface area contributed by atoms with Gasteiger partial charge in [-0.1, -0.05) is 61.9 Å². The Labute approximate surface area is 194 Å². The first-order valence-electron chi connectivity index (χ1n) is 11.4. The molecule has 1 aliphatic rings. The van der Waals surface area contributed by atoms with Gasteiger partial charge < -0.3 is 20.1 Å². The molecule has 2 aromatic carbocycles. The van der Waals surface area contributed by atoms with E-state index >= 15 is 0 Å². The summed E-state index contributed by atoms with van der Waals surface area (Å²) < 4.78 is 5.63. The number of fused-ring (bicyclic) bond motifs is 3. The molecule has 1 atom stereocenters. The van der Waals surface area contributed by atoms with Gasteiger partial charge in [0, 0.05) is 19.0 Å². The van der Waals surface area contributed by atoms with Crippen molar-refractivity contribution in [3.63, 3.8) is 0 Å². The molecule has 0 heterocycles. The molecule has 0 aromatic heterocycles. The quantitative estimate of drug-likeness (QED) is 0.557. The Balaban J connectivity index is 1.70. The highest BCUT2D eigenvalue weighted by Gasteiger charge is 2.38. The zero-order valence-corrected chi connectivity index (χ0v) is 19.5. The second-order valence-corrected chi connectivity index (χ2v) is 8.56. The van der Waals surface area contributed by atoms with Crippen LogP contribution >= 0.6 is 0 Å². The van der Waals surface area contributed by atoms with Crippen molar-refractivity contribution < 1.29 is 24.2 Å². The molecule has 7 nitrogen and oxygen atoms in total. The summed E-state index contributed by atoms with van der Waals surface area (Å²) in [5, 5.41) is 11.7. The van der Waals surface area contributed by atoms with Crippen LogP contribution in [0.15, 0.2) is 48.5 Å². The monoisotopic (exact) mass is 452 g/mol. The van der Waals surface area contributed by atoms with Gasteiger partial charge in [-0.05, 0) is 42.5 Å². The molecule has 176 valence electrons. The maximum Gasteiger partial charge on any atom is 0.408 e. The number of carboxylic acids is 1. The van der Waals surface area contributed by atoms with Crippen LogP contribution in [-0.2, 0) is 14.3 Å². The molecule has 2 amide bonds. The summed E-state index contributed by atoms with van der Waals surface area (Å²) in [6.07, 6.45) is 0.282. The average Bonchev–Trinajstić information content (AvgIpc) is 3.11. The normalized spacial score (nSPS) is 14.0. The Morgan fingerprint density at radius 1 is 1.03 bits per heavy atom. The summed E-state index contributed by atoms with van der Waals surface area (Å²) in [6.45, 7) is 6.00. The number of nitrogens with one attached hydrogen (secondary N) is 1. The van der Waals surface area contributed by atoms with Gasteiger partial charge in [-0.15, -0.1) is 0 Å². The molecule has 3 rings (SSSR count). The van der Waals surface area contributed by atoms with E-state index < -0.39 is 17.6 Å². The third kappa shape index (κ3) is 5.35. The summed E-state index contributed by atoms with van der Waals surface area (Å²) in [7, 11) is 0. The second-order valence-electron chi connectivity index (χ2n) is 8.56. The fourth-order valence-corrected chi connectivity index (χ4v) is 4.57. The molecule has 0 bridgehead atoms. The van der Waals surface area contributed by atoms with Crippen LogP contribution < -0.4 is 5.32 Å². The number of amides is 2. The van der Waals surface area contributed by atoms with Crippen molar-refractivity contribution in [2.45, 2.75) is 51.5 Å². The number of nitrogens with zero attached hydrogens (tertiary/aromatic N) is 1. The Morgan fingerprint density at radius 2 is 1.61 bits per heavy atom. The van der Waals surface area contributed by atoms with Gasteiger partial charge in [0.15, 0.2) is 0 Å². The van der Waals surface area contributed by atoms with Gasteiger partial charge in [-0.2, -0.15) is 0 Å². The lowest BCUT2D eigenvalue weighted by atomic mass is 9.94. The van der Waals surface area contributed by atoms with Gasteiger partial charge in [-0.25, -0.2) is 4.79 Å². The lowest BCUT2D eigenvalue weighted by Gasteiger charge is -2.34. The lowest BCUT2D eigenvalue weighted by Crippen LogP contribution is -2.58. The first kappa shape index (κ1) is 24.3. The molecule has 0 radical (unpaired) electrons. The predicted molar refractivity (Wildman–Crippen MR) is 126 cm³/mol. The van der Waals surface area contributed by atoms with Crippen molar-refractivity contribution in [3.8, 4) is 11.1 Å². The van der Waals surface area contributed by atoms with Crippen LogP contribution in [0, 0.1) is 0 Å². The van der Waals surface area contributed by atoms with Crippen molar-refractivity contribution >= 4 is 18.0 Å². The van der Waals surface area contributed by atoms with Crippen LogP contribution in [-0.4, -0.2) is 53.2 Å². The zero-order valence-electron chi connectivity index (χ0n) is 19.5. The molecule has 0 fully saturated rings. The van der Waals surface area contributed by atoms with E-state index in [9.17, 15) is 14.4 Å². The first-order valence-corrected chi connectivity index (χ1v) is 11.4. The minimum absolute atomic E-state index is 0.0704. The minimum Gasteiger partial charge on any atom is -0.481 e. The molecule has 2 aromatic rings. The largest absolute Gasteiger partial charge is 0.481 e. The highest BCUT2D eigenvalue weighted by Crippen LogP contribution is 2.44. The molecule has 0 saturated heterocycles. The van der Waals surface area contributed by atoms with Gasteiger partial charge in [0.2, 0.25) is 5.91 Å². The van der Waals surface area contributed by atoms with Crippen LogP contribution in [0.25, 0.3) is 11.1 Å². The van der Waals surface area contributed by atoms with Gasteiger partial charge >= 0.3 is 12.1 Å². The highest BCUT2D eigenvalue weighted by atomic mass is 16.5. The number of hydrogen-bond acceptors (Lipinski definition) is 4. The topological polar surface area (TPSA) is 95.9 Å². The first-order chi connectivity index (χ1) is 15.8. The van der Waals surface area contributed by atoms with Crippen LogP contribution in [0.3, 0.4) is 0 Å². The van der Waals surface area contributed by atoms with Gasteiger partial charge in [0.05, 0.1) is 6.42 Å². The maximum atomic E-state index is 13.2. The van der Waals surface area contributed by atoms with Crippen LogP contribution in [0.2, 0.25) is 0 Å². The maximum absolute atomic E-state index is 13.2. The molecular weight excluding hydrogens is 420 g/mol. The highest BCUT2D eigenvalue weighted by molar-refractivity contribution is 5.90. The van der Waals surface area contributed by atoms with Gasteiger partial charge in [-0.3, -0.25) is 9.59 Å². The number of carbonyl (C=O) groups excluding carboxylic acids is 2. The molecule has 0 saturated carbocycles. The fraction of sp³-hybridized carbons (Fsp3) is 0.423. The summed E-state index contributed by atoms with van der Waals surface area (Å²) in [4.78, 5) is 38.4. The molecule has 0 aliphatic heterocycles. The number of carboxylic acid groups (broad SMARTS) is 1. The van der Waals surface area contributed by atoms with E-state index in [0.717, 1.165) is 22.3 Å². The van der Waals surface area contributed by atoms with E-state index in [4.69, 9.17) is 9.84 Å². The smallest absolute Gasteiger partial charge is 0.408 e. The summed E-state index contributed by atoms with van der Waals surface area (Å²) in [5.74, 6) is -1.34. The van der Waals surface area contributed by atoms with E-state index in [1.807, 2.05) is 43.3 Å². The Bertz CT molecular complexity index is 976. The summed E-state index contributed by atoms with van der Waals surface area (Å²) in [5.41, 5.74) is 3.34. The number of aliphatic carboxylic acids is 1. The van der Waals surface area contributed by atoms with E-state index in [0.29, 0.717) is 19.4 Å². The average molecular weight is 453 g/mol. The number of rotatable bonds is 10. The molecular formula is C26H32N2O5. The van der Waals surface area contributed by atoms with Crippen LogP contribution in [0.1, 0.15) is 57.1 Å². The van der Waals surface area contributed by atoms with Crippen LogP contribution in [0.4, 0.5) is 4.79 Å². The zero-order chi connectivity index (χ0) is 24.0. The van der Waals surface area contributed by atoms with E-state index in [1.54, 1.807) is 13.8 Å². The Morgan fingerprint density at radius 3 is 2.12 bits per heavy atom. The molecule has 1 unspecified atom stereocenters. The van der Waals surface area contributed by atoms with Crippen LogP contribution in [0.5, 0.6) is 0 Å². The Hall–Kier alpha value is -3.35. The molecule has 7 heteroatoms. The van der Waals surface area contributed by atoms with Crippen molar-refractivity contribution in [1.29, 1.82) is 0 Å². The van der Waals surface area contributed by atoms with Crippen molar-refractivity contribution in [3.05, 3.63) is 59.7 Å². The van der Waals surface area contributed by atoms with Crippen molar-refractivity contribution in [2.75, 3.05) is 19.7 Å². The van der Waals surface area contributed by atoms with Crippen molar-refractivity contribution in [1.82, 2.24) is 10.2 Å². The number of hydrogen-bond donors (Lipinski definition) is 2. The summed E-state index contributed by atoms with van der Waals surface area (Å²) >= 11 is 0. The molecule has 1 aliphatic carbocycles. The third-order valence-electron chi connectivity index (χ3n) is 6.21. The third-order valence-corrected chi connectivity index (χ3v) is 6.21. The molecule has 0 spiro atoms. The number of ether oxygens (including phenoxy) is 1. The summed E-state index contributed by atoms with van der Waals surface area (Å²) in [6, 6.07) is 16.2.